The predicted molar refractivity (Wildman–Crippen MR) is 76.2 cm³/mol. The van der Waals surface area contributed by atoms with E-state index in [2.05, 4.69) is 4.98 Å². The van der Waals surface area contributed by atoms with Crippen LogP contribution in [0.25, 0.3) is 10.9 Å². The first-order valence-corrected chi connectivity index (χ1v) is 7.00. The van der Waals surface area contributed by atoms with Crippen LogP contribution in [0.5, 0.6) is 5.88 Å². The van der Waals surface area contributed by atoms with E-state index in [0.717, 1.165) is 12.3 Å². The van der Waals surface area contributed by atoms with Crippen LogP contribution in [0.3, 0.4) is 0 Å². The van der Waals surface area contributed by atoms with Gasteiger partial charge in [-0.25, -0.2) is 9.78 Å². The minimum Gasteiger partial charge on any atom is -0.478 e. The highest BCUT2D eigenvalue weighted by Gasteiger charge is 2.17. The van der Waals surface area contributed by atoms with E-state index in [4.69, 9.17) is 9.84 Å². The number of benzene rings is 1. The fourth-order valence-electron chi connectivity index (χ4n) is 2.51. The Bertz CT molecular complexity index is 635. The average Bonchev–Trinajstić information content (AvgIpc) is 2.40. The number of aromatic carboxylic acids is 1. The first-order valence-electron chi connectivity index (χ1n) is 7.00. The SMILES string of the molecule is O=C(O)c1cccc2nc(OCCC3CCC3)ccc12. The molecule has 1 saturated carbocycles. The molecule has 1 aliphatic carbocycles. The summed E-state index contributed by atoms with van der Waals surface area (Å²) in [6.07, 6.45) is 5.05. The van der Waals surface area contributed by atoms with Crippen molar-refractivity contribution in [2.75, 3.05) is 6.61 Å². The van der Waals surface area contributed by atoms with Gasteiger partial charge in [0.25, 0.3) is 0 Å². The molecule has 0 spiro atoms. The van der Waals surface area contributed by atoms with Gasteiger partial charge in [-0.1, -0.05) is 25.3 Å². The fourth-order valence-corrected chi connectivity index (χ4v) is 2.51. The predicted octanol–water partition coefficient (Wildman–Crippen LogP) is 3.50. The van der Waals surface area contributed by atoms with Gasteiger partial charge in [0.2, 0.25) is 5.88 Å². The minimum atomic E-state index is -0.934. The number of hydrogen-bond donors (Lipinski definition) is 1. The molecule has 3 rings (SSSR count). The molecule has 1 N–H and O–H groups in total. The highest BCUT2D eigenvalue weighted by molar-refractivity contribution is 6.02. The Balaban J connectivity index is 1.74. The minimum absolute atomic E-state index is 0.274. The zero-order valence-corrected chi connectivity index (χ0v) is 11.2. The van der Waals surface area contributed by atoms with Crippen molar-refractivity contribution in [3.05, 3.63) is 35.9 Å². The summed E-state index contributed by atoms with van der Waals surface area (Å²) in [7, 11) is 0. The molecule has 4 heteroatoms. The van der Waals surface area contributed by atoms with Crippen LogP contribution in [0.1, 0.15) is 36.0 Å². The maximum atomic E-state index is 11.1. The number of carboxylic acid groups (broad SMARTS) is 1. The lowest BCUT2D eigenvalue weighted by molar-refractivity contribution is 0.0699. The van der Waals surface area contributed by atoms with Crippen LogP contribution in [0.4, 0.5) is 0 Å². The summed E-state index contributed by atoms with van der Waals surface area (Å²) in [4.78, 5) is 15.5. The molecule has 0 saturated heterocycles. The second-order valence-corrected chi connectivity index (χ2v) is 5.26. The van der Waals surface area contributed by atoms with Gasteiger partial charge in [0, 0.05) is 11.5 Å². The number of pyridine rings is 1. The Kier molecular flexibility index (Phi) is 3.54. The maximum Gasteiger partial charge on any atom is 0.336 e. The van der Waals surface area contributed by atoms with Crippen molar-refractivity contribution in [2.24, 2.45) is 5.92 Å². The van der Waals surface area contributed by atoms with E-state index in [1.54, 1.807) is 30.3 Å². The number of carboxylic acids is 1. The van der Waals surface area contributed by atoms with Crippen molar-refractivity contribution in [1.29, 1.82) is 0 Å². The summed E-state index contributed by atoms with van der Waals surface area (Å²) in [6.45, 7) is 0.682. The smallest absolute Gasteiger partial charge is 0.336 e. The molecule has 0 atom stereocenters. The Labute approximate surface area is 117 Å². The van der Waals surface area contributed by atoms with Gasteiger partial charge in [-0.3, -0.25) is 0 Å². The molecule has 20 heavy (non-hydrogen) atoms. The first-order chi connectivity index (χ1) is 9.74. The number of hydrogen-bond acceptors (Lipinski definition) is 3. The van der Waals surface area contributed by atoms with Crippen LogP contribution in [-0.2, 0) is 0 Å². The third-order valence-electron chi connectivity index (χ3n) is 3.94. The zero-order valence-electron chi connectivity index (χ0n) is 11.2. The molecule has 4 nitrogen and oxygen atoms in total. The third-order valence-corrected chi connectivity index (χ3v) is 3.94. The summed E-state index contributed by atoms with van der Waals surface area (Å²) in [5.41, 5.74) is 0.932. The van der Waals surface area contributed by atoms with Crippen molar-refractivity contribution < 1.29 is 14.6 Å². The van der Waals surface area contributed by atoms with E-state index in [1.807, 2.05) is 0 Å². The molecule has 0 aliphatic heterocycles. The van der Waals surface area contributed by atoms with Gasteiger partial charge in [-0.2, -0.15) is 0 Å². The van der Waals surface area contributed by atoms with Gasteiger partial charge in [0.1, 0.15) is 0 Å². The Hall–Kier alpha value is -2.10. The highest BCUT2D eigenvalue weighted by Crippen LogP contribution is 2.29. The van der Waals surface area contributed by atoms with Gasteiger partial charge in [0.05, 0.1) is 17.7 Å². The number of carbonyl (C=O) groups is 1. The topological polar surface area (TPSA) is 59.4 Å². The molecule has 1 aromatic carbocycles. The molecule has 0 unspecified atom stereocenters. The average molecular weight is 271 g/mol. The summed E-state index contributed by atoms with van der Waals surface area (Å²) in [5.74, 6) is 0.449. The zero-order chi connectivity index (χ0) is 13.9. The van der Waals surface area contributed by atoms with Crippen molar-refractivity contribution in [3.63, 3.8) is 0 Å². The monoisotopic (exact) mass is 271 g/mol. The summed E-state index contributed by atoms with van der Waals surface area (Å²) >= 11 is 0. The van der Waals surface area contributed by atoms with Crippen LogP contribution < -0.4 is 4.74 Å². The molecule has 1 aliphatic rings. The van der Waals surface area contributed by atoms with Gasteiger partial charge >= 0.3 is 5.97 Å². The summed E-state index contributed by atoms with van der Waals surface area (Å²) in [5, 5.41) is 9.77. The van der Waals surface area contributed by atoms with Crippen molar-refractivity contribution >= 4 is 16.9 Å². The summed E-state index contributed by atoms with van der Waals surface area (Å²) < 4.78 is 5.66. The fraction of sp³-hybridized carbons (Fsp3) is 0.375. The van der Waals surface area contributed by atoms with Crippen LogP contribution in [0, 0.1) is 5.92 Å². The summed E-state index contributed by atoms with van der Waals surface area (Å²) in [6, 6.07) is 8.61. The van der Waals surface area contributed by atoms with Crippen LogP contribution in [0.2, 0.25) is 0 Å². The Morgan fingerprint density at radius 2 is 2.15 bits per heavy atom. The lowest BCUT2D eigenvalue weighted by Gasteiger charge is -2.24. The van der Waals surface area contributed by atoms with E-state index < -0.39 is 5.97 Å². The standard InChI is InChI=1S/C16H17NO3/c18-16(19)13-5-2-6-14-12(13)7-8-15(17-14)20-10-9-11-3-1-4-11/h2,5-8,11H,1,3-4,9-10H2,(H,18,19). The lowest BCUT2D eigenvalue weighted by atomic mass is 9.83. The molecular weight excluding hydrogens is 254 g/mol. The maximum absolute atomic E-state index is 11.1. The van der Waals surface area contributed by atoms with Gasteiger partial charge in [-0.05, 0) is 30.5 Å². The van der Waals surface area contributed by atoms with Gasteiger partial charge < -0.3 is 9.84 Å². The van der Waals surface area contributed by atoms with E-state index in [9.17, 15) is 4.79 Å². The van der Waals surface area contributed by atoms with E-state index in [1.165, 1.54) is 19.3 Å². The molecular formula is C16H17NO3. The second kappa shape index (κ2) is 5.49. The number of aromatic nitrogens is 1. The molecule has 104 valence electrons. The van der Waals surface area contributed by atoms with E-state index in [-0.39, 0.29) is 5.56 Å². The third kappa shape index (κ3) is 2.59. The molecule has 0 amide bonds. The first kappa shape index (κ1) is 12.9. The molecule has 1 heterocycles. The molecule has 2 aromatic rings. The lowest BCUT2D eigenvalue weighted by Crippen LogP contribution is -2.14. The quantitative estimate of drug-likeness (QED) is 0.904. The van der Waals surface area contributed by atoms with E-state index >= 15 is 0 Å². The number of rotatable bonds is 5. The normalized spacial score (nSPS) is 15.0. The van der Waals surface area contributed by atoms with Crippen LogP contribution in [-0.4, -0.2) is 22.7 Å². The van der Waals surface area contributed by atoms with Crippen LogP contribution >= 0.6 is 0 Å². The van der Waals surface area contributed by atoms with Gasteiger partial charge in [-0.15, -0.1) is 0 Å². The number of fused-ring (bicyclic) bond motifs is 1. The highest BCUT2D eigenvalue weighted by atomic mass is 16.5. The molecule has 1 aromatic heterocycles. The molecule has 0 bridgehead atoms. The Morgan fingerprint density at radius 1 is 1.30 bits per heavy atom. The number of nitrogens with zero attached hydrogens (tertiary/aromatic N) is 1. The van der Waals surface area contributed by atoms with Crippen molar-refractivity contribution in [3.8, 4) is 5.88 Å². The van der Waals surface area contributed by atoms with Crippen molar-refractivity contribution in [1.82, 2.24) is 4.98 Å². The van der Waals surface area contributed by atoms with Crippen molar-refractivity contribution in [2.45, 2.75) is 25.7 Å². The van der Waals surface area contributed by atoms with Gasteiger partial charge in [0.15, 0.2) is 0 Å². The molecule has 0 radical (unpaired) electrons. The van der Waals surface area contributed by atoms with E-state index in [0.29, 0.717) is 23.4 Å². The Morgan fingerprint density at radius 3 is 2.85 bits per heavy atom. The second-order valence-electron chi connectivity index (χ2n) is 5.26. The number of ether oxygens (including phenoxy) is 1. The molecule has 1 fully saturated rings. The largest absolute Gasteiger partial charge is 0.478 e. The van der Waals surface area contributed by atoms with Crippen LogP contribution in [0.15, 0.2) is 30.3 Å².